The average Bonchev–Trinajstić information content (AvgIpc) is 4.04. The first-order valence-corrected chi connectivity index (χ1v) is 22.0. The molecule has 3 aromatic rings. The highest BCUT2D eigenvalue weighted by molar-refractivity contribution is 5.82. The second-order valence-corrected chi connectivity index (χ2v) is 14.1. The number of para-hydroxylation sites is 1. The van der Waals surface area contributed by atoms with E-state index in [1.807, 2.05) is 30.5 Å². The van der Waals surface area contributed by atoms with Gasteiger partial charge >= 0.3 is 0 Å². The van der Waals surface area contributed by atoms with Crippen molar-refractivity contribution in [1.29, 1.82) is 0 Å². The average molecular weight is 786 g/mol. The maximum atomic E-state index is 10.1. The summed E-state index contributed by atoms with van der Waals surface area (Å²) < 4.78 is 0. The van der Waals surface area contributed by atoms with Gasteiger partial charge in [0.2, 0.25) is 5.91 Å². The highest BCUT2D eigenvalue weighted by Gasteiger charge is 2.05. The number of hydrogen-bond donors (Lipinski definition) is 9. The number of aromatic nitrogens is 1. The number of aromatic amines is 1. The van der Waals surface area contributed by atoms with Crippen molar-refractivity contribution in [3.8, 4) is 0 Å². The summed E-state index contributed by atoms with van der Waals surface area (Å²) in [7, 11) is 0. The number of unbranched alkanes of at least 4 members (excludes halogenated alkanes) is 1. The fraction of sp³-hybridized carbons (Fsp3) is 0.674. The number of amides is 1. The number of fused-ring (bicyclic) bond motifs is 1. The third-order valence-electron chi connectivity index (χ3n) is 8.23. The van der Waals surface area contributed by atoms with Crippen molar-refractivity contribution >= 4 is 16.8 Å². The molecule has 3 aliphatic rings. The van der Waals surface area contributed by atoms with E-state index < -0.39 is 0 Å². The summed E-state index contributed by atoms with van der Waals surface area (Å²) in [6.45, 7) is 26.2. The number of carbonyl (C=O) groups is 1. The molecule has 0 saturated carbocycles. The van der Waals surface area contributed by atoms with Gasteiger partial charge in [0.25, 0.3) is 0 Å². The monoisotopic (exact) mass is 786 g/mol. The second-order valence-electron chi connectivity index (χ2n) is 14.1. The van der Waals surface area contributed by atoms with Crippen LogP contribution in [-0.4, -0.2) is 82.9 Å². The quantitative estimate of drug-likeness (QED) is 0.107. The van der Waals surface area contributed by atoms with Crippen LogP contribution < -0.4 is 44.2 Å². The molecule has 0 spiro atoms. The van der Waals surface area contributed by atoms with Crippen molar-refractivity contribution in [3.05, 3.63) is 71.9 Å². The molecular formula is C46H91N9O. The Morgan fingerprint density at radius 1 is 0.661 bits per heavy atom. The number of rotatable bonds is 9. The van der Waals surface area contributed by atoms with Crippen molar-refractivity contribution in [2.45, 2.75) is 126 Å². The van der Waals surface area contributed by atoms with Gasteiger partial charge in [0.1, 0.15) is 0 Å². The number of piperidine rings is 1. The lowest BCUT2D eigenvalue weighted by Crippen LogP contribution is -2.21. The van der Waals surface area contributed by atoms with Gasteiger partial charge in [-0.05, 0) is 153 Å². The molecule has 3 fully saturated rings. The van der Waals surface area contributed by atoms with E-state index in [1.54, 1.807) is 0 Å². The van der Waals surface area contributed by atoms with Gasteiger partial charge in [0, 0.05) is 30.1 Å². The Morgan fingerprint density at radius 3 is 1.50 bits per heavy atom. The van der Waals surface area contributed by atoms with E-state index in [4.69, 9.17) is 22.9 Å². The summed E-state index contributed by atoms with van der Waals surface area (Å²) in [5, 5.41) is 13.6. The number of carbonyl (C=O) groups excluding carboxylic acids is 1. The molecule has 1 aromatic heterocycles. The van der Waals surface area contributed by atoms with Gasteiger partial charge in [-0.15, -0.1) is 0 Å². The zero-order valence-electron chi connectivity index (χ0n) is 37.3. The molecule has 0 atom stereocenters. The van der Waals surface area contributed by atoms with Crippen LogP contribution in [0.15, 0.2) is 60.8 Å². The molecule has 1 amide bonds. The van der Waals surface area contributed by atoms with Gasteiger partial charge in [-0.1, -0.05) is 103 Å². The SMILES string of the molecule is C1CCNC1.C1CCNCC1.CC(C)CCN.CCCCN.CCCN.CCNCC.Cc1c[nH]c2ccccc12.NCCc1ccccc1.O=C1CCCN1. The standard InChI is InChI=1S/C9H9N.C8H11N.C5H11N.C5H13N.C4H7NO.C4H9N.2C4H11N.C3H9N/c1-7-6-10-9-5-3-2-4-8(7)9;9-7-6-8-4-2-1-3-5-8;1-2-4-6-5-3-1;1-5(2)3-4-6;6-4-2-1-3-5-4;1-2-4-5-3-1;1-3-5-4-2;1-2-3-4-5;1-2-3-4/h2-6,10H,1H3;1-5H,6-7,9H2;6H,1-5H2;5H,3-4,6H2,1-2H3;1-3H2,(H,5,6);5H,1-4H2;5H,3-4H2,1-2H3;2-5H2,1H3;2-4H2,1H3. The second kappa shape index (κ2) is 48.3. The van der Waals surface area contributed by atoms with Crippen molar-refractivity contribution in [2.75, 3.05) is 72.0 Å². The minimum atomic E-state index is 0.204. The van der Waals surface area contributed by atoms with Gasteiger partial charge in [-0.3, -0.25) is 4.79 Å². The molecule has 13 N–H and O–H groups in total. The minimum Gasteiger partial charge on any atom is -0.361 e. The molecule has 10 nitrogen and oxygen atoms in total. The zero-order chi connectivity index (χ0) is 42.3. The van der Waals surface area contributed by atoms with E-state index in [9.17, 15) is 4.79 Å². The van der Waals surface area contributed by atoms with Crippen LogP contribution in [-0.2, 0) is 11.2 Å². The highest BCUT2D eigenvalue weighted by Crippen LogP contribution is 2.15. The molecule has 0 unspecified atom stereocenters. The number of nitrogens with one attached hydrogen (secondary N) is 5. The van der Waals surface area contributed by atoms with Crippen LogP contribution in [0, 0.1) is 12.8 Å². The van der Waals surface area contributed by atoms with Crippen molar-refractivity contribution in [1.82, 2.24) is 26.3 Å². The molecule has 3 aliphatic heterocycles. The lowest BCUT2D eigenvalue weighted by molar-refractivity contribution is -0.119. The first-order chi connectivity index (χ1) is 27.2. The van der Waals surface area contributed by atoms with Crippen LogP contribution in [0.2, 0.25) is 0 Å². The Bertz CT molecular complexity index is 1110. The first kappa shape index (κ1) is 57.5. The highest BCUT2D eigenvalue weighted by atomic mass is 16.1. The molecule has 326 valence electrons. The van der Waals surface area contributed by atoms with E-state index in [2.05, 4.69) is 105 Å². The Hall–Kier alpha value is -2.83. The number of benzene rings is 2. The zero-order valence-corrected chi connectivity index (χ0v) is 37.3. The van der Waals surface area contributed by atoms with Crippen LogP contribution in [0.1, 0.15) is 123 Å². The lowest BCUT2D eigenvalue weighted by atomic mass is 10.1. The third kappa shape index (κ3) is 43.9. The van der Waals surface area contributed by atoms with Gasteiger partial charge in [-0.2, -0.15) is 0 Å². The fourth-order valence-corrected chi connectivity index (χ4v) is 4.81. The van der Waals surface area contributed by atoms with Crippen LogP contribution >= 0.6 is 0 Å². The Balaban J connectivity index is -0.000000574. The molecule has 6 rings (SSSR count). The van der Waals surface area contributed by atoms with Gasteiger partial charge in [-0.25, -0.2) is 0 Å². The van der Waals surface area contributed by atoms with E-state index in [0.29, 0.717) is 0 Å². The number of nitrogens with two attached hydrogens (primary N) is 4. The molecule has 56 heavy (non-hydrogen) atoms. The molecule has 3 saturated heterocycles. The summed E-state index contributed by atoms with van der Waals surface area (Å²) in [5.74, 6) is 0.977. The normalized spacial score (nSPS) is 13.5. The minimum absolute atomic E-state index is 0.204. The topological polar surface area (TPSA) is 185 Å². The van der Waals surface area contributed by atoms with Crippen molar-refractivity contribution in [3.63, 3.8) is 0 Å². The van der Waals surface area contributed by atoms with E-state index in [-0.39, 0.29) is 5.91 Å². The number of H-pyrrole nitrogens is 1. The number of hydrogen-bond acceptors (Lipinski definition) is 8. The summed E-state index contributed by atoms with van der Waals surface area (Å²) in [6, 6.07) is 18.6. The molecular weight excluding hydrogens is 695 g/mol. The van der Waals surface area contributed by atoms with Crippen LogP contribution in [0.25, 0.3) is 10.9 Å². The lowest BCUT2D eigenvalue weighted by Gasteiger charge is -2.08. The molecule has 4 heterocycles. The fourth-order valence-electron chi connectivity index (χ4n) is 4.81. The van der Waals surface area contributed by atoms with Gasteiger partial charge < -0.3 is 49.2 Å². The van der Waals surface area contributed by atoms with E-state index >= 15 is 0 Å². The summed E-state index contributed by atoms with van der Waals surface area (Å²) in [5.41, 5.74) is 24.6. The van der Waals surface area contributed by atoms with Crippen LogP contribution in [0.4, 0.5) is 0 Å². The number of aryl methyl sites for hydroxylation is 1. The van der Waals surface area contributed by atoms with Crippen molar-refractivity contribution in [2.24, 2.45) is 28.9 Å². The third-order valence-corrected chi connectivity index (χ3v) is 8.23. The van der Waals surface area contributed by atoms with Gasteiger partial charge in [0.05, 0.1) is 0 Å². The van der Waals surface area contributed by atoms with Crippen molar-refractivity contribution < 1.29 is 4.79 Å². The molecule has 2 aromatic carbocycles. The maximum Gasteiger partial charge on any atom is 0.220 e. The Labute approximate surface area is 345 Å². The molecule has 0 aliphatic carbocycles. The van der Waals surface area contributed by atoms with Gasteiger partial charge in [0.15, 0.2) is 0 Å². The largest absolute Gasteiger partial charge is 0.361 e. The molecule has 0 radical (unpaired) electrons. The summed E-state index contributed by atoms with van der Waals surface area (Å²) >= 11 is 0. The summed E-state index contributed by atoms with van der Waals surface area (Å²) in [6.07, 6.45) is 16.4. The predicted molar refractivity (Wildman–Crippen MR) is 249 cm³/mol. The van der Waals surface area contributed by atoms with Crippen LogP contribution in [0.5, 0.6) is 0 Å². The summed E-state index contributed by atoms with van der Waals surface area (Å²) in [4.78, 5) is 13.3. The molecule has 10 heteroatoms. The Kier molecular flexibility index (Phi) is 49.6. The molecule has 0 bridgehead atoms. The van der Waals surface area contributed by atoms with Crippen LogP contribution in [0.3, 0.4) is 0 Å². The first-order valence-electron chi connectivity index (χ1n) is 22.0. The Morgan fingerprint density at radius 2 is 1.21 bits per heavy atom. The predicted octanol–water partition coefficient (Wildman–Crippen LogP) is 7.40. The van der Waals surface area contributed by atoms with E-state index in [0.717, 1.165) is 83.8 Å². The maximum absolute atomic E-state index is 10.1. The smallest absolute Gasteiger partial charge is 0.220 e. The van der Waals surface area contributed by atoms with E-state index in [1.165, 1.54) is 93.2 Å².